The highest BCUT2D eigenvalue weighted by Gasteiger charge is 2.20. The molecule has 1 aliphatic rings. The topological polar surface area (TPSA) is 6.48 Å². The Labute approximate surface area is 51.9 Å². The first-order valence-electron chi connectivity index (χ1n) is 3.13. The van der Waals surface area contributed by atoms with Gasteiger partial charge in [0.2, 0.25) is 0 Å². The molecule has 1 aliphatic heterocycles. The normalized spacial score (nSPS) is 23.9. The van der Waals surface area contributed by atoms with Crippen molar-refractivity contribution in [3.8, 4) is 0 Å². The predicted octanol–water partition coefficient (Wildman–Crippen LogP) is -0.525. The molecule has 46 valence electrons. The summed E-state index contributed by atoms with van der Waals surface area (Å²) in [6, 6.07) is 0.728. The molecule has 1 fully saturated rings. The molecule has 0 unspecified atom stereocenters. The van der Waals surface area contributed by atoms with Gasteiger partial charge in [-0.3, -0.25) is 4.90 Å². The third kappa shape index (κ3) is 1.04. The predicted molar refractivity (Wildman–Crippen MR) is 37.1 cm³/mol. The number of rotatable bonds is 1. The molecule has 0 spiro atoms. The first-order valence-corrected chi connectivity index (χ1v) is 3.13. The lowest BCUT2D eigenvalue weighted by Crippen LogP contribution is -2.56. The van der Waals surface area contributed by atoms with Crippen LogP contribution in [-0.2, 0) is 0 Å². The minimum atomic E-state index is 0.728. The van der Waals surface area contributed by atoms with Gasteiger partial charge in [0.15, 0.2) is 7.98 Å². The fourth-order valence-corrected chi connectivity index (χ4v) is 0.905. The van der Waals surface area contributed by atoms with E-state index in [0.717, 1.165) is 19.4 Å². The van der Waals surface area contributed by atoms with E-state index in [0.29, 0.717) is 0 Å². The molecule has 0 aromatic carbocycles. The van der Waals surface area contributed by atoms with Crippen LogP contribution in [0.2, 0.25) is 0 Å². The van der Waals surface area contributed by atoms with Crippen molar-refractivity contribution in [1.29, 1.82) is 0 Å². The maximum Gasteiger partial charge on any atom is 0.188 e. The van der Waals surface area contributed by atoms with Crippen molar-refractivity contribution in [2.45, 2.75) is 19.9 Å². The third-order valence-corrected chi connectivity index (χ3v) is 1.58. The third-order valence-electron chi connectivity index (χ3n) is 1.58. The Kier molecular flexibility index (Phi) is 1.58. The average Bonchev–Trinajstić information content (AvgIpc) is 1.57. The van der Waals surface area contributed by atoms with E-state index in [1.165, 1.54) is 0 Å². The second kappa shape index (κ2) is 2.07. The van der Waals surface area contributed by atoms with Crippen LogP contribution >= 0.6 is 0 Å². The number of nitrogens with zero attached hydrogens (tertiary/aromatic N) is 2. The Morgan fingerprint density at radius 3 is 2.00 bits per heavy atom. The Balaban J connectivity index is 2.15. The number of hydrogen-bond donors (Lipinski definition) is 0. The van der Waals surface area contributed by atoms with Gasteiger partial charge in [0.25, 0.3) is 0 Å². The smallest absolute Gasteiger partial charge is 0.188 e. The molecule has 8 heavy (non-hydrogen) atoms. The Hall–Kier alpha value is -0.0151. The van der Waals surface area contributed by atoms with Crippen molar-refractivity contribution in [1.82, 2.24) is 9.71 Å². The summed E-state index contributed by atoms with van der Waals surface area (Å²) in [4.78, 5) is 4.71. The minimum Gasteiger partial charge on any atom is -0.325 e. The summed E-state index contributed by atoms with van der Waals surface area (Å²) in [5.41, 5.74) is 0. The maximum atomic E-state index is 2.42. The lowest BCUT2D eigenvalue weighted by atomic mass is 10.2. The van der Waals surface area contributed by atoms with Gasteiger partial charge in [-0.15, -0.1) is 0 Å². The van der Waals surface area contributed by atoms with Crippen LogP contribution in [0.4, 0.5) is 0 Å². The molecule has 3 heteroatoms. The fraction of sp³-hybridized carbons (Fsp3) is 1.00. The van der Waals surface area contributed by atoms with Gasteiger partial charge in [0.05, 0.1) is 0 Å². The van der Waals surface area contributed by atoms with E-state index in [1.54, 1.807) is 0 Å². The van der Waals surface area contributed by atoms with Crippen LogP contribution in [0.1, 0.15) is 13.8 Å². The van der Waals surface area contributed by atoms with Crippen molar-refractivity contribution in [3.63, 3.8) is 0 Å². The molecule has 0 aliphatic carbocycles. The van der Waals surface area contributed by atoms with Gasteiger partial charge in [-0.25, -0.2) is 0 Å². The van der Waals surface area contributed by atoms with E-state index in [9.17, 15) is 0 Å². The zero-order valence-corrected chi connectivity index (χ0v) is 5.89. The first-order chi connectivity index (χ1) is 3.70. The van der Waals surface area contributed by atoms with E-state index in [2.05, 4.69) is 31.5 Å². The Morgan fingerprint density at radius 1 is 1.38 bits per heavy atom. The monoisotopic (exact) mass is 112 g/mol. The maximum absolute atomic E-state index is 2.42. The quantitative estimate of drug-likeness (QED) is 0.421. The van der Waals surface area contributed by atoms with E-state index >= 15 is 0 Å². The molecule has 0 saturated carbocycles. The summed E-state index contributed by atoms with van der Waals surface area (Å²) in [7, 11) is 2.14. The van der Waals surface area contributed by atoms with Gasteiger partial charge in [0, 0.05) is 19.4 Å². The van der Waals surface area contributed by atoms with Gasteiger partial charge in [-0.1, -0.05) is 0 Å². The zero-order valence-electron chi connectivity index (χ0n) is 5.89. The highest BCUT2D eigenvalue weighted by molar-refractivity contribution is 6.04. The summed E-state index contributed by atoms with van der Waals surface area (Å²) in [5, 5.41) is 0. The second-order valence-electron chi connectivity index (χ2n) is 2.82. The summed E-state index contributed by atoms with van der Waals surface area (Å²) in [5.74, 6) is 0. The van der Waals surface area contributed by atoms with E-state index in [-0.39, 0.29) is 0 Å². The van der Waals surface area contributed by atoms with Crippen molar-refractivity contribution in [2.75, 3.05) is 13.3 Å². The van der Waals surface area contributed by atoms with Crippen molar-refractivity contribution < 1.29 is 0 Å². The molecular weight excluding hydrogens is 98.9 g/mol. The van der Waals surface area contributed by atoms with E-state index in [4.69, 9.17) is 0 Å². The Morgan fingerprint density at radius 2 is 1.88 bits per heavy atom. The zero-order chi connectivity index (χ0) is 6.15. The van der Waals surface area contributed by atoms with Crippen LogP contribution in [0.25, 0.3) is 0 Å². The first kappa shape index (κ1) is 6.11. The molecule has 0 aromatic rings. The van der Waals surface area contributed by atoms with Crippen molar-refractivity contribution in [3.05, 3.63) is 0 Å². The molecule has 2 nitrogen and oxygen atoms in total. The molecule has 0 radical (unpaired) electrons. The van der Waals surface area contributed by atoms with Crippen LogP contribution in [-0.4, -0.2) is 37.1 Å². The lowest BCUT2D eigenvalue weighted by molar-refractivity contribution is 0.0128. The minimum absolute atomic E-state index is 0.728. The lowest BCUT2D eigenvalue weighted by Gasteiger charge is -2.43. The fourth-order valence-electron chi connectivity index (χ4n) is 0.905. The van der Waals surface area contributed by atoms with Gasteiger partial charge >= 0.3 is 0 Å². The van der Waals surface area contributed by atoms with Crippen LogP contribution in [0, 0.1) is 0 Å². The highest BCUT2D eigenvalue weighted by atomic mass is 15.5. The molecule has 1 rings (SSSR count). The highest BCUT2D eigenvalue weighted by Crippen LogP contribution is 2.07. The molecule has 1 saturated heterocycles. The SMILES string of the molecule is BN1CN(C(C)C)C1. The molecule has 0 amide bonds. The summed E-state index contributed by atoms with van der Waals surface area (Å²) >= 11 is 0. The number of hydrogen-bond acceptors (Lipinski definition) is 2. The molecule has 0 atom stereocenters. The van der Waals surface area contributed by atoms with Crippen molar-refractivity contribution >= 4 is 7.98 Å². The van der Waals surface area contributed by atoms with Gasteiger partial charge in [0.1, 0.15) is 0 Å². The standard InChI is InChI=1S/C5H13BN2/c1-5(2)7-3-8(6)4-7/h5H,3-4,6H2,1-2H3. The second-order valence-corrected chi connectivity index (χ2v) is 2.82. The van der Waals surface area contributed by atoms with Gasteiger partial charge in [-0.2, -0.15) is 0 Å². The van der Waals surface area contributed by atoms with Crippen LogP contribution in [0.3, 0.4) is 0 Å². The summed E-state index contributed by atoms with van der Waals surface area (Å²) in [6.07, 6.45) is 0. The molecular formula is C5H13BN2. The van der Waals surface area contributed by atoms with Crippen LogP contribution in [0.5, 0.6) is 0 Å². The molecule has 1 heterocycles. The van der Waals surface area contributed by atoms with E-state index < -0.39 is 0 Å². The largest absolute Gasteiger partial charge is 0.325 e. The molecule has 0 aromatic heterocycles. The summed E-state index contributed by atoms with van der Waals surface area (Å²) < 4.78 is 0. The molecule has 0 bridgehead atoms. The molecule has 0 N–H and O–H groups in total. The van der Waals surface area contributed by atoms with Crippen LogP contribution in [0.15, 0.2) is 0 Å². The van der Waals surface area contributed by atoms with E-state index in [1.807, 2.05) is 0 Å². The van der Waals surface area contributed by atoms with Crippen molar-refractivity contribution in [2.24, 2.45) is 0 Å². The van der Waals surface area contributed by atoms with Crippen LogP contribution < -0.4 is 0 Å². The van der Waals surface area contributed by atoms with Gasteiger partial charge in [-0.05, 0) is 13.8 Å². The van der Waals surface area contributed by atoms with Gasteiger partial charge < -0.3 is 4.81 Å². The summed E-state index contributed by atoms with van der Waals surface area (Å²) in [6.45, 7) is 6.76. The average molecular weight is 112 g/mol. The Bertz CT molecular complexity index is 78.5.